The third-order valence-corrected chi connectivity index (χ3v) is 11.4. The molecular formula is C29H36BrClN2O5S. The van der Waals surface area contributed by atoms with Crippen LogP contribution in [0, 0.1) is 11.8 Å². The number of hydrogen-bond acceptors (Lipinski definition) is 6. The Hall–Kier alpha value is -1.81. The third kappa shape index (κ3) is 5.69. The third-order valence-electron chi connectivity index (χ3n) is 7.87. The van der Waals surface area contributed by atoms with Crippen LogP contribution >= 0.6 is 39.3 Å². The maximum Gasteiger partial charge on any atom is 0.310 e. The van der Waals surface area contributed by atoms with E-state index in [1.54, 1.807) is 51.9 Å². The summed E-state index contributed by atoms with van der Waals surface area (Å²) < 4.78 is 4.88. The van der Waals surface area contributed by atoms with Gasteiger partial charge in [0.25, 0.3) is 5.91 Å². The second-order valence-electron chi connectivity index (χ2n) is 10.3. The molecule has 4 rings (SSSR count). The van der Waals surface area contributed by atoms with Gasteiger partial charge in [0, 0.05) is 29.8 Å². The minimum Gasteiger partial charge on any atom is -0.465 e. The highest BCUT2D eigenvalue weighted by atomic mass is 79.9. The fourth-order valence-corrected chi connectivity index (χ4v) is 10.1. The highest BCUT2D eigenvalue weighted by Gasteiger charge is 2.76. The van der Waals surface area contributed by atoms with E-state index in [1.165, 1.54) is 0 Å². The number of aliphatic hydroxyl groups excluding tert-OH is 1. The normalized spacial score (nSPS) is 28.8. The number of alkyl halides is 1. The van der Waals surface area contributed by atoms with Crippen molar-refractivity contribution in [2.75, 3.05) is 31.2 Å². The Morgan fingerprint density at radius 3 is 2.69 bits per heavy atom. The smallest absolute Gasteiger partial charge is 0.310 e. The molecule has 39 heavy (non-hydrogen) atoms. The van der Waals surface area contributed by atoms with Crippen molar-refractivity contribution in [2.45, 2.75) is 59.4 Å². The van der Waals surface area contributed by atoms with Crippen molar-refractivity contribution < 1.29 is 24.2 Å². The lowest BCUT2D eigenvalue weighted by Crippen LogP contribution is -2.55. The lowest BCUT2D eigenvalue weighted by molar-refractivity contribution is -0.154. The van der Waals surface area contributed by atoms with Gasteiger partial charge in [0.05, 0.1) is 33.9 Å². The van der Waals surface area contributed by atoms with Crippen molar-refractivity contribution in [3.05, 3.63) is 54.6 Å². The first-order chi connectivity index (χ1) is 18.8. The van der Waals surface area contributed by atoms with E-state index >= 15 is 0 Å². The van der Waals surface area contributed by atoms with Crippen LogP contribution in [0.5, 0.6) is 0 Å². The Morgan fingerprint density at radius 1 is 1.23 bits per heavy atom. The summed E-state index contributed by atoms with van der Waals surface area (Å²) in [6, 6.07) is 6.38. The van der Waals surface area contributed by atoms with Crippen molar-refractivity contribution in [2.24, 2.45) is 11.8 Å². The van der Waals surface area contributed by atoms with Crippen LogP contribution in [0.1, 0.15) is 38.5 Å². The van der Waals surface area contributed by atoms with Crippen molar-refractivity contribution >= 4 is 62.8 Å². The highest BCUT2D eigenvalue weighted by molar-refractivity contribution is 9.09. The fourth-order valence-electron chi connectivity index (χ4n) is 6.24. The number of carbonyl (C=O) groups excluding carboxylic acids is 3. The number of carbonyl (C=O) groups is 3. The summed E-state index contributed by atoms with van der Waals surface area (Å²) in [6.45, 7) is 8.50. The van der Waals surface area contributed by atoms with Crippen molar-refractivity contribution in [3.8, 4) is 0 Å². The molecule has 1 spiro atoms. The van der Waals surface area contributed by atoms with Crippen LogP contribution in [0.25, 0.3) is 0 Å². The number of anilines is 1. The summed E-state index contributed by atoms with van der Waals surface area (Å²) in [5.74, 6) is -2.04. The topological polar surface area (TPSA) is 87.2 Å². The standard InChI is InChI=1S/C29H36BrClN2O5S/c1-3-5-11-17-38-28(37)22-23-26(35)33(15-9-6-10-16-34)25(29(23)18-19(30)24(22)39-29)27(36)32(14-4-2)21-13-8-7-12-20(21)31/h3-4,7-8,12-13,19,22-25,34H,1-2,5-6,9-11,14-18H2/t19?,22-,23+,24-,25?,29?/m1/s1. The molecule has 0 aliphatic carbocycles. The van der Waals surface area contributed by atoms with Gasteiger partial charge in [-0.3, -0.25) is 14.4 Å². The van der Waals surface area contributed by atoms with Gasteiger partial charge in [0.2, 0.25) is 5.91 Å². The molecule has 2 amide bonds. The van der Waals surface area contributed by atoms with Crippen molar-refractivity contribution in [3.63, 3.8) is 0 Å². The van der Waals surface area contributed by atoms with E-state index in [0.717, 1.165) is 12.8 Å². The number of ether oxygens (including phenoxy) is 1. The molecule has 0 radical (unpaired) electrons. The number of aliphatic hydroxyl groups is 1. The molecule has 3 aliphatic rings. The number of benzene rings is 1. The van der Waals surface area contributed by atoms with E-state index in [1.807, 2.05) is 6.07 Å². The lowest BCUT2D eigenvalue weighted by atomic mass is 9.71. The first-order valence-corrected chi connectivity index (χ1v) is 15.7. The molecule has 2 bridgehead atoms. The second-order valence-corrected chi connectivity index (χ2v) is 13.4. The van der Waals surface area contributed by atoms with E-state index in [-0.39, 0.29) is 47.6 Å². The molecule has 3 fully saturated rings. The number of esters is 1. The number of fused-ring (bicyclic) bond motifs is 1. The van der Waals surface area contributed by atoms with Crippen molar-refractivity contribution in [1.29, 1.82) is 0 Å². The Balaban J connectivity index is 1.71. The molecule has 0 aromatic heterocycles. The van der Waals surface area contributed by atoms with Gasteiger partial charge in [-0.15, -0.1) is 24.9 Å². The largest absolute Gasteiger partial charge is 0.465 e. The summed E-state index contributed by atoms with van der Waals surface area (Å²) in [6.07, 6.45) is 7.43. The average Bonchev–Trinajstić information content (AvgIpc) is 3.51. The van der Waals surface area contributed by atoms with Gasteiger partial charge >= 0.3 is 5.97 Å². The van der Waals surface area contributed by atoms with E-state index in [2.05, 4.69) is 29.1 Å². The zero-order chi connectivity index (χ0) is 28.2. The minimum absolute atomic E-state index is 0.0323. The van der Waals surface area contributed by atoms with Gasteiger partial charge in [-0.2, -0.15) is 0 Å². The van der Waals surface area contributed by atoms with E-state index in [4.69, 9.17) is 16.3 Å². The SMILES string of the molecule is C=CCCCOC(=O)[C@H]1[C@@H]2SC3(CC2Br)C(C(=O)N(CC=C)c2ccccc2Cl)N(CCCCCO)C(=O)[C@H]13. The van der Waals surface area contributed by atoms with E-state index < -0.39 is 22.6 Å². The molecular weight excluding hydrogens is 604 g/mol. The zero-order valence-corrected chi connectivity index (χ0v) is 25.1. The summed E-state index contributed by atoms with van der Waals surface area (Å²) in [4.78, 5) is 45.3. The van der Waals surface area contributed by atoms with E-state index in [9.17, 15) is 19.5 Å². The molecule has 3 heterocycles. The van der Waals surface area contributed by atoms with Gasteiger partial charge in [-0.25, -0.2) is 0 Å². The second kappa shape index (κ2) is 13.2. The molecule has 10 heteroatoms. The van der Waals surface area contributed by atoms with Gasteiger partial charge in [0.1, 0.15) is 6.04 Å². The van der Waals surface area contributed by atoms with Crippen molar-refractivity contribution in [1.82, 2.24) is 4.90 Å². The number of rotatable bonds is 14. The van der Waals surface area contributed by atoms with Crippen LogP contribution in [0.3, 0.4) is 0 Å². The van der Waals surface area contributed by atoms with Crippen LogP contribution in [0.2, 0.25) is 5.02 Å². The van der Waals surface area contributed by atoms with Crippen LogP contribution < -0.4 is 4.90 Å². The quantitative estimate of drug-likeness (QED) is 0.134. The number of likely N-dealkylation sites (tertiary alicyclic amines) is 1. The molecule has 3 unspecified atom stereocenters. The molecule has 3 saturated heterocycles. The molecule has 1 aromatic carbocycles. The molecule has 7 nitrogen and oxygen atoms in total. The molecule has 3 aliphatic heterocycles. The monoisotopic (exact) mass is 638 g/mol. The van der Waals surface area contributed by atoms with Crippen LogP contribution in [-0.4, -0.2) is 75.0 Å². The number of hydrogen-bond donors (Lipinski definition) is 1. The van der Waals surface area contributed by atoms with Gasteiger partial charge in [-0.1, -0.05) is 51.8 Å². The van der Waals surface area contributed by atoms with Gasteiger partial charge < -0.3 is 19.6 Å². The maximum atomic E-state index is 14.5. The molecule has 0 saturated carbocycles. The van der Waals surface area contributed by atoms with E-state index in [0.29, 0.717) is 42.9 Å². The summed E-state index contributed by atoms with van der Waals surface area (Å²) in [7, 11) is 0. The number of para-hydroxylation sites is 1. The number of unbranched alkanes of at least 4 members (excludes halogenated alkanes) is 3. The maximum absolute atomic E-state index is 14.5. The molecule has 1 aromatic rings. The fraction of sp³-hybridized carbons (Fsp3) is 0.552. The number of allylic oxidation sites excluding steroid dienone is 1. The Bertz CT molecular complexity index is 1110. The minimum atomic E-state index is -0.769. The van der Waals surface area contributed by atoms with Crippen LogP contribution in [0.15, 0.2) is 49.6 Å². The van der Waals surface area contributed by atoms with Gasteiger partial charge in [0.15, 0.2) is 0 Å². The molecule has 212 valence electrons. The first-order valence-electron chi connectivity index (χ1n) is 13.5. The van der Waals surface area contributed by atoms with Gasteiger partial charge in [-0.05, 0) is 50.7 Å². The molecule has 1 N–H and O–H groups in total. The number of thioether (sulfide) groups is 1. The summed E-state index contributed by atoms with van der Waals surface area (Å²) >= 11 is 11.9. The number of nitrogens with zero attached hydrogens (tertiary/aromatic N) is 2. The number of halogens is 2. The Morgan fingerprint density at radius 2 is 2.00 bits per heavy atom. The molecule has 6 atom stereocenters. The predicted molar refractivity (Wildman–Crippen MR) is 159 cm³/mol. The lowest BCUT2D eigenvalue weighted by Gasteiger charge is -2.38. The Labute approximate surface area is 248 Å². The average molecular weight is 640 g/mol. The predicted octanol–water partition coefficient (Wildman–Crippen LogP) is 5.00. The Kier molecular flexibility index (Phi) is 10.2. The summed E-state index contributed by atoms with van der Waals surface area (Å²) in [5, 5.41) is 9.52. The first kappa shape index (κ1) is 30.2. The highest BCUT2D eigenvalue weighted by Crippen LogP contribution is 2.68. The summed E-state index contributed by atoms with van der Waals surface area (Å²) in [5.41, 5.74) is 0.558. The zero-order valence-electron chi connectivity index (χ0n) is 22.0. The van der Waals surface area contributed by atoms with Crippen LogP contribution in [-0.2, 0) is 19.1 Å². The van der Waals surface area contributed by atoms with Crippen LogP contribution in [0.4, 0.5) is 5.69 Å². The number of amides is 2.